The minimum Gasteiger partial charge on any atom is -0.494 e. The zero-order valence-corrected chi connectivity index (χ0v) is 12.2. The van der Waals surface area contributed by atoms with Crippen molar-refractivity contribution in [1.82, 2.24) is 15.2 Å². The Bertz CT molecular complexity index is 769. The van der Waals surface area contributed by atoms with Crippen molar-refractivity contribution in [2.45, 2.75) is 0 Å². The number of aromatic nitrogens is 3. The zero-order chi connectivity index (χ0) is 14.8. The molecule has 0 aliphatic heterocycles. The molecule has 0 N–H and O–H groups in total. The Hall–Kier alpha value is -2.69. The first-order valence-corrected chi connectivity index (χ1v) is 6.64. The van der Waals surface area contributed by atoms with Crippen LogP contribution in [0.5, 0.6) is 5.75 Å². The van der Waals surface area contributed by atoms with E-state index in [0.717, 1.165) is 33.7 Å². The van der Waals surface area contributed by atoms with Crippen LogP contribution in [-0.2, 0) is 0 Å². The smallest absolute Gasteiger partial charge is 0.150 e. The van der Waals surface area contributed by atoms with E-state index in [-0.39, 0.29) is 0 Å². The van der Waals surface area contributed by atoms with E-state index in [1.165, 1.54) is 0 Å². The summed E-state index contributed by atoms with van der Waals surface area (Å²) in [5.74, 6) is 1.59. The van der Waals surface area contributed by atoms with Crippen molar-refractivity contribution in [1.29, 1.82) is 0 Å². The molecule has 106 valence electrons. The molecule has 0 aliphatic carbocycles. The fraction of sp³-hybridized carbons (Fsp3) is 0.188. The molecule has 0 saturated heterocycles. The fourth-order valence-electron chi connectivity index (χ4n) is 2.24. The second-order valence-electron chi connectivity index (χ2n) is 4.89. The van der Waals surface area contributed by atoms with E-state index >= 15 is 0 Å². The normalized spacial score (nSPS) is 10.6. The molecule has 21 heavy (non-hydrogen) atoms. The number of rotatable bonds is 3. The van der Waals surface area contributed by atoms with E-state index in [4.69, 9.17) is 4.74 Å². The lowest BCUT2D eigenvalue weighted by Crippen LogP contribution is -2.11. The highest BCUT2D eigenvalue weighted by molar-refractivity contribution is 5.96. The monoisotopic (exact) mass is 280 g/mol. The lowest BCUT2D eigenvalue weighted by atomic mass is 10.0. The van der Waals surface area contributed by atoms with Crippen LogP contribution in [0.1, 0.15) is 0 Å². The largest absolute Gasteiger partial charge is 0.494 e. The summed E-state index contributed by atoms with van der Waals surface area (Å²) in [6, 6.07) is 11.7. The quantitative estimate of drug-likeness (QED) is 0.738. The molecule has 0 amide bonds. The van der Waals surface area contributed by atoms with E-state index in [1.807, 2.05) is 55.4 Å². The van der Waals surface area contributed by atoms with Gasteiger partial charge in [-0.05, 0) is 30.3 Å². The summed E-state index contributed by atoms with van der Waals surface area (Å²) in [4.78, 5) is 6.32. The maximum Gasteiger partial charge on any atom is 0.150 e. The van der Waals surface area contributed by atoms with Gasteiger partial charge in [-0.3, -0.25) is 4.98 Å². The molecule has 2 heterocycles. The number of hydrogen-bond donors (Lipinski definition) is 0. The highest BCUT2D eigenvalue weighted by Crippen LogP contribution is 2.32. The molecular weight excluding hydrogens is 264 g/mol. The number of anilines is 1. The van der Waals surface area contributed by atoms with Crippen LogP contribution in [0.3, 0.4) is 0 Å². The fourth-order valence-corrected chi connectivity index (χ4v) is 2.24. The highest BCUT2D eigenvalue weighted by Gasteiger charge is 2.10. The molecule has 0 atom stereocenters. The van der Waals surface area contributed by atoms with Crippen LogP contribution in [0.2, 0.25) is 0 Å². The van der Waals surface area contributed by atoms with Gasteiger partial charge in [0.05, 0.1) is 12.8 Å². The Morgan fingerprint density at radius 2 is 1.86 bits per heavy atom. The van der Waals surface area contributed by atoms with E-state index in [1.54, 1.807) is 13.3 Å². The maximum atomic E-state index is 5.36. The third-order valence-electron chi connectivity index (χ3n) is 3.34. The second-order valence-corrected chi connectivity index (χ2v) is 4.89. The van der Waals surface area contributed by atoms with E-state index in [9.17, 15) is 0 Å². The Morgan fingerprint density at radius 3 is 2.52 bits per heavy atom. The SMILES string of the molecule is COc1ccc(-c2ccc(N(C)C)nn2)c2cccnc12. The molecule has 0 radical (unpaired) electrons. The molecule has 0 spiro atoms. The van der Waals surface area contributed by atoms with Crippen molar-refractivity contribution >= 4 is 16.7 Å². The van der Waals surface area contributed by atoms with Crippen molar-refractivity contribution in [3.63, 3.8) is 0 Å². The predicted molar refractivity (Wildman–Crippen MR) is 83.6 cm³/mol. The molecule has 0 bridgehead atoms. The lowest BCUT2D eigenvalue weighted by molar-refractivity contribution is 0.419. The van der Waals surface area contributed by atoms with Gasteiger partial charge < -0.3 is 9.64 Å². The number of pyridine rings is 1. The molecule has 5 heteroatoms. The highest BCUT2D eigenvalue weighted by atomic mass is 16.5. The number of methoxy groups -OCH3 is 1. The Kier molecular flexibility index (Phi) is 3.39. The average molecular weight is 280 g/mol. The van der Waals surface area contributed by atoms with E-state index < -0.39 is 0 Å². The Morgan fingerprint density at radius 1 is 1.00 bits per heavy atom. The predicted octanol–water partition coefficient (Wildman–Crippen LogP) is 2.77. The van der Waals surface area contributed by atoms with Crippen LogP contribution in [-0.4, -0.2) is 36.4 Å². The molecule has 3 aromatic rings. The third-order valence-corrected chi connectivity index (χ3v) is 3.34. The summed E-state index contributed by atoms with van der Waals surface area (Å²) >= 11 is 0. The van der Waals surface area contributed by atoms with Gasteiger partial charge in [0, 0.05) is 31.2 Å². The zero-order valence-electron chi connectivity index (χ0n) is 12.2. The van der Waals surface area contributed by atoms with Gasteiger partial charge in [-0.15, -0.1) is 10.2 Å². The van der Waals surface area contributed by atoms with Gasteiger partial charge in [0.1, 0.15) is 11.3 Å². The lowest BCUT2D eigenvalue weighted by Gasteiger charge is -2.12. The first-order valence-electron chi connectivity index (χ1n) is 6.64. The minimum atomic E-state index is 0.757. The van der Waals surface area contributed by atoms with Gasteiger partial charge in [-0.1, -0.05) is 6.07 Å². The van der Waals surface area contributed by atoms with Crippen LogP contribution in [0.4, 0.5) is 5.82 Å². The standard InChI is InChI=1S/C16H16N4O/c1-20(2)15-9-7-13(18-19-15)11-6-8-14(21-3)16-12(11)5-4-10-17-16/h4-10H,1-3H3. The van der Waals surface area contributed by atoms with E-state index in [2.05, 4.69) is 15.2 Å². The van der Waals surface area contributed by atoms with Crippen molar-refractivity contribution in [3.8, 4) is 17.0 Å². The number of ether oxygens (including phenoxy) is 1. The van der Waals surface area contributed by atoms with Gasteiger partial charge in [-0.25, -0.2) is 0 Å². The number of nitrogens with zero attached hydrogens (tertiary/aromatic N) is 4. The molecule has 0 saturated carbocycles. The van der Waals surface area contributed by atoms with Crippen LogP contribution in [0.25, 0.3) is 22.2 Å². The van der Waals surface area contributed by atoms with Crippen LogP contribution >= 0.6 is 0 Å². The average Bonchev–Trinajstić information content (AvgIpc) is 2.54. The van der Waals surface area contributed by atoms with Crippen molar-refractivity contribution in [2.24, 2.45) is 0 Å². The summed E-state index contributed by atoms with van der Waals surface area (Å²) in [5.41, 5.74) is 2.65. The summed E-state index contributed by atoms with van der Waals surface area (Å²) in [5, 5.41) is 9.55. The molecule has 0 aliphatic rings. The first kappa shape index (κ1) is 13.3. The van der Waals surface area contributed by atoms with Gasteiger partial charge >= 0.3 is 0 Å². The molecule has 1 aromatic carbocycles. The van der Waals surface area contributed by atoms with Crippen molar-refractivity contribution in [3.05, 3.63) is 42.6 Å². The molecule has 2 aromatic heterocycles. The molecule has 5 nitrogen and oxygen atoms in total. The topological polar surface area (TPSA) is 51.1 Å². The number of fused-ring (bicyclic) bond motifs is 1. The van der Waals surface area contributed by atoms with Crippen molar-refractivity contribution in [2.75, 3.05) is 26.1 Å². The summed E-state index contributed by atoms with van der Waals surface area (Å²) in [6.45, 7) is 0. The van der Waals surface area contributed by atoms with Gasteiger partial charge in [0.25, 0.3) is 0 Å². The van der Waals surface area contributed by atoms with Crippen molar-refractivity contribution < 1.29 is 4.74 Å². The summed E-state index contributed by atoms with van der Waals surface area (Å²) in [7, 11) is 5.53. The maximum absolute atomic E-state index is 5.36. The summed E-state index contributed by atoms with van der Waals surface area (Å²) < 4.78 is 5.36. The Balaban J connectivity index is 2.16. The second kappa shape index (κ2) is 5.36. The molecule has 0 unspecified atom stereocenters. The molecular formula is C16H16N4O. The molecule has 0 fully saturated rings. The van der Waals surface area contributed by atoms with Gasteiger partial charge in [0.2, 0.25) is 0 Å². The van der Waals surface area contributed by atoms with Gasteiger partial charge in [-0.2, -0.15) is 0 Å². The van der Waals surface area contributed by atoms with Crippen LogP contribution < -0.4 is 9.64 Å². The third kappa shape index (κ3) is 2.38. The Labute approximate surface area is 123 Å². The summed E-state index contributed by atoms with van der Waals surface area (Å²) in [6.07, 6.45) is 1.76. The minimum absolute atomic E-state index is 0.757. The van der Waals surface area contributed by atoms with Crippen LogP contribution in [0.15, 0.2) is 42.6 Å². The first-order chi connectivity index (χ1) is 10.2. The number of hydrogen-bond acceptors (Lipinski definition) is 5. The van der Waals surface area contributed by atoms with E-state index in [0.29, 0.717) is 0 Å². The van der Waals surface area contributed by atoms with Crippen LogP contribution in [0, 0.1) is 0 Å². The van der Waals surface area contributed by atoms with Gasteiger partial charge in [0.15, 0.2) is 5.82 Å². The molecule has 3 rings (SSSR count). The number of benzene rings is 1.